The zero-order valence-electron chi connectivity index (χ0n) is 20.1. The summed E-state index contributed by atoms with van der Waals surface area (Å²) in [5.74, 6) is 2.51. The van der Waals surface area contributed by atoms with Gasteiger partial charge in [-0.1, -0.05) is 18.2 Å². The van der Waals surface area contributed by atoms with Gasteiger partial charge >= 0.3 is 0 Å². The van der Waals surface area contributed by atoms with Gasteiger partial charge in [-0.15, -0.1) is 0 Å². The summed E-state index contributed by atoms with van der Waals surface area (Å²) in [5.41, 5.74) is 2.16. The Bertz CT molecular complexity index is 1270. The number of hydrogen-bond donors (Lipinski definition) is 3. The van der Waals surface area contributed by atoms with E-state index >= 15 is 0 Å². The minimum atomic E-state index is -3.94. The number of nitro benzene ring substituents is 1. The number of amidine groups is 1. The number of aromatic hydroxyl groups is 1. The van der Waals surface area contributed by atoms with Crippen molar-refractivity contribution >= 4 is 21.5 Å². The Morgan fingerprint density at radius 2 is 1.83 bits per heavy atom. The van der Waals surface area contributed by atoms with E-state index in [1.54, 1.807) is 6.07 Å². The van der Waals surface area contributed by atoms with Crippen molar-refractivity contribution in [1.82, 2.24) is 10.0 Å². The molecular formula is C26H32N4O5S. The number of aliphatic imine (C=N–C) groups is 1. The average Bonchev–Trinajstić information content (AvgIpc) is 3.30. The Morgan fingerprint density at radius 1 is 1.08 bits per heavy atom. The number of nitrogens with zero attached hydrogens (tertiary/aromatic N) is 2. The third kappa shape index (κ3) is 5.24. The van der Waals surface area contributed by atoms with E-state index in [0.717, 1.165) is 57.3 Å². The predicted octanol–water partition coefficient (Wildman–Crippen LogP) is 3.88. The summed E-state index contributed by atoms with van der Waals surface area (Å²) in [6, 6.07) is 11.6. The van der Waals surface area contributed by atoms with Gasteiger partial charge in [-0.25, -0.2) is 13.1 Å². The molecule has 2 fully saturated rings. The number of sulfonamides is 1. The monoisotopic (exact) mass is 512 g/mol. The number of nitro groups is 1. The molecule has 10 heteroatoms. The maximum atomic E-state index is 12.7. The first kappa shape index (κ1) is 24.7. The van der Waals surface area contributed by atoms with Gasteiger partial charge in [0.15, 0.2) is 4.90 Å². The third-order valence-electron chi connectivity index (χ3n) is 7.92. The van der Waals surface area contributed by atoms with Gasteiger partial charge < -0.3 is 10.4 Å². The number of phenolic OH excluding ortho intramolecular Hbond substituents is 1. The van der Waals surface area contributed by atoms with Crippen LogP contribution in [0.15, 0.2) is 52.4 Å². The van der Waals surface area contributed by atoms with Crippen LogP contribution in [0.2, 0.25) is 0 Å². The first-order valence-electron chi connectivity index (χ1n) is 12.6. The Balaban J connectivity index is 1.11. The van der Waals surface area contributed by atoms with E-state index in [4.69, 9.17) is 4.99 Å². The van der Waals surface area contributed by atoms with E-state index < -0.39 is 20.6 Å². The molecule has 2 aromatic carbocycles. The molecule has 36 heavy (non-hydrogen) atoms. The summed E-state index contributed by atoms with van der Waals surface area (Å²) in [7, 11) is -3.94. The van der Waals surface area contributed by atoms with Crippen LogP contribution >= 0.6 is 0 Å². The molecule has 2 atom stereocenters. The molecule has 5 rings (SSSR count). The van der Waals surface area contributed by atoms with Crippen LogP contribution in [0.5, 0.6) is 5.75 Å². The van der Waals surface area contributed by atoms with Crippen LogP contribution < -0.4 is 10.0 Å². The number of fused-ring (bicyclic) bond motifs is 3. The molecule has 3 N–H and O–H groups in total. The van der Waals surface area contributed by atoms with Crippen molar-refractivity contribution < 1.29 is 18.4 Å². The van der Waals surface area contributed by atoms with Crippen molar-refractivity contribution in [2.45, 2.75) is 61.8 Å². The number of rotatable bonds is 7. The van der Waals surface area contributed by atoms with Crippen molar-refractivity contribution in [1.29, 1.82) is 0 Å². The highest BCUT2D eigenvalue weighted by Gasteiger charge is 2.36. The summed E-state index contributed by atoms with van der Waals surface area (Å²) in [6.07, 6.45) is 6.72. The zero-order chi connectivity index (χ0) is 25.3. The molecule has 2 aliphatic carbocycles. The van der Waals surface area contributed by atoms with Crippen LogP contribution in [0.25, 0.3) is 0 Å². The Hall–Kier alpha value is -2.98. The molecule has 1 saturated carbocycles. The number of nitrogens with one attached hydrogen (secondary N) is 2. The highest BCUT2D eigenvalue weighted by molar-refractivity contribution is 7.89. The largest absolute Gasteiger partial charge is 0.508 e. The molecule has 0 bridgehead atoms. The number of phenols is 1. The predicted molar refractivity (Wildman–Crippen MR) is 137 cm³/mol. The van der Waals surface area contributed by atoms with Crippen molar-refractivity contribution in [3.05, 3.63) is 63.7 Å². The molecule has 0 spiro atoms. The molecule has 0 radical (unpaired) electrons. The fourth-order valence-electron chi connectivity index (χ4n) is 5.91. The van der Waals surface area contributed by atoms with Crippen molar-refractivity contribution in [3.63, 3.8) is 0 Å². The number of aryl methyl sites for hydroxylation is 1. The molecule has 192 valence electrons. The molecule has 2 aromatic rings. The van der Waals surface area contributed by atoms with Gasteiger partial charge in [-0.2, -0.15) is 0 Å². The highest BCUT2D eigenvalue weighted by Crippen LogP contribution is 2.39. The molecule has 1 aliphatic heterocycles. The molecule has 0 amide bonds. The van der Waals surface area contributed by atoms with Crippen LogP contribution in [0.3, 0.4) is 0 Å². The Kier molecular flexibility index (Phi) is 6.98. The lowest BCUT2D eigenvalue weighted by Gasteiger charge is -2.28. The van der Waals surface area contributed by atoms with E-state index in [9.17, 15) is 23.6 Å². The SMILES string of the molecule is O=[N+]([O-])c1ccccc1S(=O)(=O)NCC1CCC(CN=C2CC3c4ccc(O)cc4CCC3N2)CC1. The molecule has 1 saturated heterocycles. The summed E-state index contributed by atoms with van der Waals surface area (Å²) >= 11 is 0. The van der Waals surface area contributed by atoms with Gasteiger partial charge in [0.1, 0.15) is 5.75 Å². The summed E-state index contributed by atoms with van der Waals surface area (Å²) in [4.78, 5) is 15.2. The lowest BCUT2D eigenvalue weighted by Crippen LogP contribution is -2.32. The third-order valence-corrected chi connectivity index (χ3v) is 9.39. The fourth-order valence-corrected chi connectivity index (χ4v) is 7.20. The van der Waals surface area contributed by atoms with Gasteiger partial charge in [0, 0.05) is 37.5 Å². The topological polar surface area (TPSA) is 134 Å². The molecule has 9 nitrogen and oxygen atoms in total. The first-order valence-corrected chi connectivity index (χ1v) is 14.1. The minimum Gasteiger partial charge on any atom is -0.508 e. The van der Waals surface area contributed by atoms with E-state index in [1.807, 2.05) is 6.07 Å². The van der Waals surface area contributed by atoms with E-state index in [-0.39, 0.29) is 17.4 Å². The van der Waals surface area contributed by atoms with Crippen molar-refractivity contribution in [2.75, 3.05) is 13.1 Å². The van der Waals surface area contributed by atoms with Gasteiger partial charge in [0.25, 0.3) is 5.69 Å². The number of hydrogen-bond acceptors (Lipinski definition) is 6. The number of para-hydroxylation sites is 1. The molecular weight excluding hydrogens is 480 g/mol. The lowest BCUT2D eigenvalue weighted by molar-refractivity contribution is -0.387. The first-order chi connectivity index (χ1) is 17.3. The van der Waals surface area contributed by atoms with Crippen LogP contribution in [-0.2, 0) is 16.4 Å². The van der Waals surface area contributed by atoms with Gasteiger partial charge in [0.05, 0.1) is 10.8 Å². The van der Waals surface area contributed by atoms with Gasteiger partial charge in [-0.05, 0) is 79.7 Å². The van der Waals surface area contributed by atoms with E-state index in [1.165, 1.54) is 35.4 Å². The number of benzene rings is 2. The van der Waals surface area contributed by atoms with Crippen molar-refractivity contribution in [3.8, 4) is 5.75 Å². The lowest BCUT2D eigenvalue weighted by atomic mass is 9.80. The standard InChI is InChI=1S/C26H32N4O5S/c31-20-10-11-21-19(13-20)9-12-23-22(21)14-26(29-23)27-15-17-5-7-18(8-6-17)16-28-36(34,35)25-4-2-1-3-24(25)30(32)33/h1-4,10-11,13,17-18,22-23,28,31H,5-9,12,14-16H2,(H,27,29). The van der Waals surface area contributed by atoms with Crippen LogP contribution in [0.1, 0.15) is 55.6 Å². The normalized spacial score (nSPS) is 26.7. The van der Waals surface area contributed by atoms with Gasteiger partial charge in [-0.3, -0.25) is 15.1 Å². The van der Waals surface area contributed by atoms with Crippen LogP contribution in [0.4, 0.5) is 5.69 Å². The molecule has 2 unspecified atom stereocenters. The second-order valence-corrected chi connectivity index (χ2v) is 12.0. The highest BCUT2D eigenvalue weighted by atomic mass is 32.2. The van der Waals surface area contributed by atoms with E-state index in [0.29, 0.717) is 23.6 Å². The average molecular weight is 513 g/mol. The minimum absolute atomic E-state index is 0.215. The second-order valence-electron chi connectivity index (χ2n) is 10.2. The Morgan fingerprint density at radius 3 is 2.61 bits per heavy atom. The summed E-state index contributed by atoms with van der Waals surface area (Å²) in [6.45, 7) is 1.06. The molecule has 0 aromatic heterocycles. The molecule has 3 aliphatic rings. The van der Waals surface area contributed by atoms with Gasteiger partial charge in [0.2, 0.25) is 10.0 Å². The quantitative estimate of drug-likeness (QED) is 0.381. The smallest absolute Gasteiger partial charge is 0.289 e. The summed E-state index contributed by atoms with van der Waals surface area (Å²) in [5, 5.41) is 24.6. The van der Waals surface area contributed by atoms with Crippen molar-refractivity contribution in [2.24, 2.45) is 16.8 Å². The fraction of sp³-hybridized carbons (Fsp3) is 0.500. The Labute approximate surface area is 211 Å². The second kappa shape index (κ2) is 10.2. The van der Waals surface area contributed by atoms with E-state index in [2.05, 4.69) is 16.1 Å². The molecule has 1 heterocycles. The van der Waals surface area contributed by atoms with Crippen LogP contribution in [0, 0.1) is 22.0 Å². The summed E-state index contributed by atoms with van der Waals surface area (Å²) < 4.78 is 27.9. The maximum absolute atomic E-state index is 12.7. The zero-order valence-corrected chi connectivity index (χ0v) is 20.9. The van der Waals surface area contributed by atoms with Crippen LogP contribution in [-0.4, -0.2) is 43.4 Å². The maximum Gasteiger partial charge on any atom is 0.289 e.